The zero-order valence-electron chi connectivity index (χ0n) is 10.6. The number of likely N-dealkylation sites (N-methyl/N-ethyl adjacent to an activating group) is 1. The molecule has 1 atom stereocenters. The van der Waals surface area contributed by atoms with Crippen LogP contribution >= 0.6 is 0 Å². The number of imidazole rings is 1. The average Bonchev–Trinajstić information content (AvgIpc) is 2.71. The molecular formula is C11H17N3O5. The van der Waals surface area contributed by atoms with E-state index in [-0.39, 0.29) is 11.8 Å². The molecular weight excluding hydrogens is 254 g/mol. The van der Waals surface area contributed by atoms with Crippen molar-refractivity contribution in [1.82, 2.24) is 14.9 Å². The van der Waals surface area contributed by atoms with Crippen LogP contribution in [0.5, 0.6) is 0 Å². The fraction of sp³-hybridized carbons (Fsp3) is 0.636. The molecule has 0 aliphatic carbocycles. The fourth-order valence-corrected chi connectivity index (χ4v) is 2.04. The van der Waals surface area contributed by atoms with Crippen LogP contribution in [0.2, 0.25) is 0 Å². The number of hydrogen-bond donors (Lipinski definition) is 3. The molecule has 19 heavy (non-hydrogen) atoms. The third-order valence-electron chi connectivity index (χ3n) is 2.85. The number of carbonyl (C=O) groups is 1. The maximum Gasteiger partial charge on any atom is 0.354 e. The van der Waals surface area contributed by atoms with Crippen molar-refractivity contribution < 1.29 is 19.4 Å². The molecule has 0 spiro atoms. The Kier molecular flexibility index (Phi) is 4.35. The van der Waals surface area contributed by atoms with Gasteiger partial charge in [0.15, 0.2) is 0 Å². The number of carboxylic acids is 1. The largest absolute Gasteiger partial charge is 0.477 e. The van der Waals surface area contributed by atoms with Gasteiger partial charge < -0.3 is 19.6 Å². The van der Waals surface area contributed by atoms with Crippen molar-refractivity contribution >= 4 is 5.97 Å². The number of rotatable bonds is 5. The van der Waals surface area contributed by atoms with Gasteiger partial charge in [-0.25, -0.2) is 9.59 Å². The van der Waals surface area contributed by atoms with E-state index >= 15 is 0 Å². The van der Waals surface area contributed by atoms with E-state index < -0.39 is 11.7 Å². The fourth-order valence-electron chi connectivity index (χ4n) is 2.04. The highest BCUT2D eigenvalue weighted by molar-refractivity contribution is 5.86. The van der Waals surface area contributed by atoms with Crippen LogP contribution in [0.3, 0.4) is 0 Å². The molecule has 8 nitrogen and oxygen atoms in total. The maximum absolute atomic E-state index is 11.1. The van der Waals surface area contributed by atoms with Crippen molar-refractivity contribution in [3.63, 3.8) is 0 Å². The van der Waals surface area contributed by atoms with Crippen LogP contribution in [0.25, 0.3) is 0 Å². The quantitative estimate of drug-likeness (QED) is 0.650. The van der Waals surface area contributed by atoms with Gasteiger partial charge in [0.25, 0.3) is 0 Å². The summed E-state index contributed by atoms with van der Waals surface area (Å²) in [5.41, 5.74) is -0.257. The molecule has 0 bridgehead atoms. The van der Waals surface area contributed by atoms with Gasteiger partial charge >= 0.3 is 11.7 Å². The first kappa shape index (κ1) is 13.8. The van der Waals surface area contributed by atoms with E-state index in [1.807, 2.05) is 11.9 Å². The minimum atomic E-state index is -1.15. The SMILES string of the molecule is CN(Cc1[nH]c(=O)[nH]c1C(=O)O)CC1COCCO1. The molecule has 1 aromatic rings. The summed E-state index contributed by atoms with van der Waals surface area (Å²) < 4.78 is 10.8. The normalized spacial score (nSPS) is 19.8. The lowest BCUT2D eigenvalue weighted by Crippen LogP contribution is -2.38. The highest BCUT2D eigenvalue weighted by atomic mass is 16.6. The number of aromatic amines is 2. The van der Waals surface area contributed by atoms with Crippen LogP contribution in [0.15, 0.2) is 4.79 Å². The highest BCUT2D eigenvalue weighted by Crippen LogP contribution is 2.07. The summed E-state index contributed by atoms with van der Waals surface area (Å²) in [5.74, 6) is -1.15. The molecule has 1 aliphatic rings. The molecule has 0 aromatic carbocycles. The van der Waals surface area contributed by atoms with Gasteiger partial charge in [-0.1, -0.05) is 0 Å². The van der Waals surface area contributed by atoms with Gasteiger partial charge in [0.2, 0.25) is 0 Å². The van der Waals surface area contributed by atoms with Gasteiger partial charge in [-0.05, 0) is 7.05 Å². The molecule has 2 rings (SSSR count). The standard InChI is InChI=1S/C11H17N3O5/c1-14(4-7-6-18-2-3-19-7)5-8-9(10(15)16)13-11(17)12-8/h7H,2-6H2,1H3,(H,15,16)(H2,12,13,17). The second-order valence-corrected chi connectivity index (χ2v) is 4.50. The lowest BCUT2D eigenvalue weighted by molar-refractivity contribution is -0.0963. The van der Waals surface area contributed by atoms with Gasteiger partial charge in [0.05, 0.1) is 31.6 Å². The zero-order chi connectivity index (χ0) is 13.8. The van der Waals surface area contributed by atoms with Crippen molar-refractivity contribution in [3.8, 4) is 0 Å². The first-order valence-electron chi connectivity index (χ1n) is 5.98. The van der Waals surface area contributed by atoms with Crippen LogP contribution in [0.1, 0.15) is 16.2 Å². The van der Waals surface area contributed by atoms with Crippen LogP contribution in [-0.2, 0) is 16.0 Å². The molecule has 1 fully saturated rings. The molecule has 8 heteroatoms. The lowest BCUT2D eigenvalue weighted by atomic mass is 10.2. The summed E-state index contributed by atoms with van der Waals surface area (Å²) in [7, 11) is 1.83. The topological polar surface area (TPSA) is 108 Å². The number of aromatic nitrogens is 2. The van der Waals surface area contributed by atoms with Crippen LogP contribution in [0.4, 0.5) is 0 Å². The zero-order valence-corrected chi connectivity index (χ0v) is 10.6. The molecule has 1 aromatic heterocycles. The minimum Gasteiger partial charge on any atom is -0.477 e. The number of hydrogen-bond acceptors (Lipinski definition) is 5. The van der Waals surface area contributed by atoms with E-state index in [9.17, 15) is 9.59 Å². The minimum absolute atomic E-state index is 0.0299. The van der Waals surface area contributed by atoms with E-state index in [0.717, 1.165) is 0 Å². The number of nitrogens with zero attached hydrogens (tertiary/aromatic N) is 1. The van der Waals surface area contributed by atoms with Gasteiger partial charge in [0.1, 0.15) is 5.69 Å². The van der Waals surface area contributed by atoms with Crippen molar-refractivity contribution in [1.29, 1.82) is 0 Å². The van der Waals surface area contributed by atoms with Gasteiger partial charge in [-0.2, -0.15) is 0 Å². The van der Waals surface area contributed by atoms with E-state index in [4.69, 9.17) is 14.6 Å². The van der Waals surface area contributed by atoms with Crippen molar-refractivity contribution in [3.05, 3.63) is 21.9 Å². The third kappa shape index (κ3) is 3.66. The molecule has 106 valence electrons. The van der Waals surface area contributed by atoms with Crippen molar-refractivity contribution in [2.75, 3.05) is 33.4 Å². The summed E-state index contributed by atoms with van der Waals surface area (Å²) in [6.45, 7) is 2.63. The number of ether oxygens (including phenoxy) is 2. The molecule has 0 saturated carbocycles. The first-order chi connectivity index (χ1) is 9.06. The van der Waals surface area contributed by atoms with E-state index in [1.165, 1.54) is 0 Å². The summed E-state index contributed by atoms with van der Waals surface area (Å²) >= 11 is 0. The van der Waals surface area contributed by atoms with Crippen LogP contribution in [0, 0.1) is 0 Å². The summed E-state index contributed by atoms with van der Waals surface area (Å²) in [6, 6.07) is 0. The Hall–Kier alpha value is -1.64. The van der Waals surface area contributed by atoms with Crippen molar-refractivity contribution in [2.24, 2.45) is 0 Å². The Morgan fingerprint density at radius 1 is 1.47 bits per heavy atom. The molecule has 1 unspecified atom stereocenters. The van der Waals surface area contributed by atoms with Crippen molar-refractivity contribution in [2.45, 2.75) is 12.6 Å². The Bertz CT molecular complexity index is 489. The molecule has 0 radical (unpaired) electrons. The molecule has 1 aliphatic heterocycles. The Balaban J connectivity index is 1.96. The predicted molar refractivity (Wildman–Crippen MR) is 65.3 cm³/mol. The van der Waals surface area contributed by atoms with Gasteiger partial charge in [-0.15, -0.1) is 0 Å². The average molecular weight is 271 g/mol. The highest BCUT2D eigenvalue weighted by Gasteiger charge is 2.19. The summed E-state index contributed by atoms with van der Waals surface area (Å²) in [4.78, 5) is 28.7. The maximum atomic E-state index is 11.1. The molecule has 1 saturated heterocycles. The van der Waals surface area contributed by atoms with Crippen LogP contribution < -0.4 is 5.69 Å². The second kappa shape index (κ2) is 6.00. The Labute approximate surface area is 109 Å². The van der Waals surface area contributed by atoms with E-state index in [1.54, 1.807) is 0 Å². The molecule has 3 N–H and O–H groups in total. The summed E-state index contributed by atoms with van der Waals surface area (Å²) in [5, 5.41) is 8.96. The van der Waals surface area contributed by atoms with E-state index in [0.29, 0.717) is 38.6 Å². The molecule has 2 heterocycles. The van der Waals surface area contributed by atoms with Gasteiger partial charge in [-0.3, -0.25) is 9.88 Å². The molecule has 0 amide bonds. The monoisotopic (exact) mass is 271 g/mol. The summed E-state index contributed by atoms with van der Waals surface area (Å²) in [6.07, 6.45) is -0.0299. The number of carboxylic acid groups (broad SMARTS) is 1. The lowest BCUT2D eigenvalue weighted by Gasteiger charge is -2.27. The van der Waals surface area contributed by atoms with Gasteiger partial charge in [0, 0.05) is 13.1 Å². The number of aromatic carboxylic acids is 1. The third-order valence-corrected chi connectivity index (χ3v) is 2.85. The van der Waals surface area contributed by atoms with Crippen LogP contribution in [-0.4, -0.2) is 65.5 Å². The smallest absolute Gasteiger partial charge is 0.354 e. The Morgan fingerprint density at radius 2 is 2.26 bits per heavy atom. The first-order valence-corrected chi connectivity index (χ1v) is 5.98. The Morgan fingerprint density at radius 3 is 2.89 bits per heavy atom. The number of nitrogens with one attached hydrogen (secondary N) is 2. The predicted octanol–water partition coefficient (Wildman–Crippen LogP) is -0.752. The second-order valence-electron chi connectivity index (χ2n) is 4.50. The number of H-pyrrole nitrogens is 2. The van der Waals surface area contributed by atoms with E-state index in [2.05, 4.69) is 9.97 Å².